The fourth-order valence-electron chi connectivity index (χ4n) is 3.81. The van der Waals surface area contributed by atoms with Crippen LogP contribution >= 0.6 is 11.3 Å². The van der Waals surface area contributed by atoms with E-state index < -0.39 is 11.6 Å². The molecular weight excluding hydrogens is 390 g/mol. The van der Waals surface area contributed by atoms with Crippen LogP contribution in [0.1, 0.15) is 16.1 Å². The number of thiazole rings is 1. The summed E-state index contributed by atoms with van der Waals surface area (Å²) in [7, 11) is 0. The number of nitrogens with one attached hydrogen (secondary N) is 1. The van der Waals surface area contributed by atoms with Crippen molar-refractivity contribution < 1.29 is 8.78 Å². The summed E-state index contributed by atoms with van der Waals surface area (Å²) in [6.45, 7) is 3.53. The van der Waals surface area contributed by atoms with Crippen LogP contribution in [0.25, 0.3) is 21.8 Å². The number of aryl methyl sites for hydroxylation is 1. The van der Waals surface area contributed by atoms with Crippen molar-refractivity contribution >= 4 is 17.2 Å². The normalized spacial score (nSPS) is 13.6. The lowest BCUT2D eigenvalue weighted by Crippen LogP contribution is -2.30. The van der Waals surface area contributed by atoms with Crippen LogP contribution in [0.2, 0.25) is 0 Å². The Labute approximate surface area is 170 Å². The van der Waals surface area contributed by atoms with Crippen molar-refractivity contribution in [3.63, 3.8) is 0 Å². The van der Waals surface area contributed by atoms with E-state index in [1.165, 1.54) is 18.2 Å². The maximum absolute atomic E-state index is 14.2. The second-order valence-electron chi connectivity index (χ2n) is 7.09. The van der Waals surface area contributed by atoms with Gasteiger partial charge in [0.1, 0.15) is 22.5 Å². The largest absolute Gasteiger partial charge is 0.358 e. The van der Waals surface area contributed by atoms with Crippen LogP contribution in [0.15, 0.2) is 48.8 Å². The van der Waals surface area contributed by atoms with E-state index in [4.69, 9.17) is 4.98 Å². The summed E-state index contributed by atoms with van der Waals surface area (Å²) >= 11 is 1.66. The van der Waals surface area contributed by atoms with Crippen molar-refractivity contribution in [1.29, 1.82) is 0 Å². The molecule has 7 heteroatoms. The monoisotopic (exact) mass is 408 g/mol. The highest BCUT2D eigenvalue weighted by molar-refractivity contribution is 7.15. The van der Waals surface area contributed by atoms with Gasteiger partial charge in [0.05, 0.1) is 11.3 Å². The van der Waals surface area contributed by atoms with Gasteiger partial charge in [-0.3, -0.25) is 4.98 Å². The van der Waals surface area contributed by atoms with E-state index in [-0.39, 0.29) is 5.56 Å². The maximum atomic E-state index is 14.2. The predicted molar refractivity (Wildman–Crippen MR) is 111 cm³/mol. The van der Waals surface area contributed by atoms with Crippen LogP contribution in [0.4, 0.5) is 14.6 Å². The van der Waals surface area contributed by atoms with Crippen LogP contribution < -0.4 is 4.90 Å². The molecule has 0 atom stereocenters. The van der Waals surface area contributed by atoms with E-state index in [1.54, 1.807) is 23.7 Å². The number of aromatic nitrogens is 3. The second kappa shape index (κ2) is 7.08. The Hall–Kier alpha value is -3.06. The maximum Gasteiger partial charge on any atom is 0.143 e. The lowest BCUT2D eigenvalue weighted by Gasteiger charge is -2.27. The van der Waals surface area contributed by atoms with Gasteiger partial charge in [0.2, 0.25) is 0 Å². The van der Waals surface area contributed by atoms with E-state index in [0.29, 0.717) is 12.2 Å². The molecule has 5 rings (SSSR count). The van der Waals surface area contributed by atoms with Crippen molar-refractivity contribution in [2.75, 3.05) is 11.4 Å². The van der Waals surface area contributed by atoms with Crippen molar-refractivity contribution in [1.82, 2.24) is 15.0 Å². The Morgan fingerprint density at radius 1 is 1.10 bits per heavy atom. The third-order valence-electron chi connectivity index (χ3n) is 5.22. The summed E-state index contributed by atoms with van der Waals surface area (Å²) < 4.78 is 28.4. The number of fused-ring (bicyclic) bond motifs is 1. The predicted octanol–water partition coefficient (Wildman–Crippen LogP) is 5.35. The number of anilines is 1. The van der Waals surface area contributed by atoms with Crippen molar-refractivity contribution in [3.8, 4) is 21.8 Å². The smallest absolute Gasteiger partial charge is 0.143 e. The summed E-state index contributed by atoms with van der Waals surface area (Å²) in [5.41, 5.74) is 3.61. The minimum Gasteiger partial charge on any atom is -0.358 e. The summed E-state index contributed by atoms with van der Waals surface area (Å²) in [5, 5.41) is 0.967. The highest BCUT2D eigenvalue weighted by Crippen LogP contribution is 2.36. The van der Waals surface area contributed by atoms with Gasteiger partial charge in [0.15, 0.2) is 0 Å². The third-order valence-corrected chi connectivity index (χ3v) is 6.22. The van der Waals surface area contributed by atoms with E-state index in [0.717, 1.165) is 45.5 Å². The molecule has 4 aromatic rings. The molecule has 0 fully saturated rings. The topological polar surface area (TPSA) is 44.8 Å². The van der Waals surface area contributed by atoms with Gasteiger partial charge in [-0.05, 0) is 42.8 Å². The van der Waals surface area contributed by atoms with Crippen molar-refractivity contribution in [3.05, 3.63) is 76.6 Å². The van der Waals surface area contributed by atoms with Gasteiger partial charge >= 0.3 is 0 Å². The first kappa shape index (κ1) is 18.0. The number of aromatic amines is 1. The lowest BCUT2D eigenvalue weighted by molar-refractivity contribution is 0.589. The van der Waals surface area contributed by atoms with Gasteiger partial charge in [-0.25, -0.2) is 13.8 Å². The molecule has 3 aromatic heterocycles. The quantitative estimate of drug-likeness (QED) is 0.497. The number of rotatable bonds is 3. The number of halogens is 2. The van der Waals surface area contributed by atoms with E-state index in [2.05, 4.69) is 21.8 Å². The molecule has 0 aliphatic carbocycles. The molecule has 4 heterocycles. The number of benzene rings is 1. The van der Waals surface area contributed by atoms with Gasteiger partial charge in [0.25, 0.3) is 0 Å². The lowest BCUT2D eigenvalue weighted by atomic mass is 10.1. The molecule has 1 aliphatic rings. The molecule has 1 N–H and O–H groups in total. The molecule has 0 saturated carbocycles. The molecule has 1 aromatic carbocycles. The molecule has 0 bridgehead atoms. The van der Waals surface area contributed by atoms with Crippen LogP contribution in [0.3, 0.4) is 0 Å². The number of hydrogen-bond donors (Lipinski definition) is 1. The molecule has 0 saturated heterocycles. The first-order chi connectivity index (χ1) is 14.1. The van der Waals surface area contributed by atoms with E-state index in [1.807, 2.05) is 18.2 Å². The molecule has 1 aliphatic heterocycles. The standard InChI is InChI=1S/C22H18F2N4S/c1-13-21(27-22(29-13)14-5-8-25-9-6-14)28-10-7-18-15(12-28)11-19(26-18)20-16(23)3-2-4-17(20)24/h2-6,8-9,11,26H,7,10,12H2,1H3. The van der Waals surface area contributed by atoms with Crippen molar-refractivity contribution in [2.24, 2.45) is 0 Å². The van der Waals surface area contributed by atoms with Crippen LogP contribution in [-0.4, -0.2) is 21.5 Å². The Bertz CT molecular complexity index is 1160. The van der Waals surface area contributed by atoms with Crippen molar-refractivity contribution in [2.45, 2.75) is 19.9 Å². The Balaban J connectivity index is 1.45. The van der Waals surface area contributed by atoms with E-state index in [9.17, 15) is 8.78 Å². The van der Waals surface area contributed by atoms with Gasteiger partial charge in [-0.2, -0.15) is 0 Å². The minimum atomic E-state index is -0.558. The van der Waals surface area contributed by atoms with Crippen LogP contribution in [0.5, 0.6) is 0 Å². The van der Waals surface area contributed by atoms with E-state index >= 15 is 0 Å². The van der Waals surface area contributed by atoms with Crippen LogP contribution in [-0.2, 0) is 13.0 Å². The SMILES string of the molecule is Cc1sc(-c2ccncc2)nc1N1CCc2[nH]c(-c3c(F)cccc3F)cc2C1. The zero-order valence-electron chi connectivity index (χ0n) is 15.7. The highest BCUT2D eigenvalue weighted by Gasteiger charge is 2.24. The summed E-state index contributed by atoms with van der Waals surface area (Å²) in [4.78, 5) is 15.5. The van der Waals surface area contributed by atoms with Gasteiger partial charge in [0, 0.05) is 48.0 Å². The second-order valence-corrected chi connectivity index (χ2v) is 8.29. The number of nitrogens with zero attached hydrogens (tertiary/aromatic N) is 3. The fraction of sp³-hybridized carbons (Fsp3) is 0.182. The molecule has 0 radical (unpaired) electrons. The molecule has 0 amide bonds. The zero-order valence-corrected chi connectivity index (χ0v) is 16.6. The molecule has 4 nitrogen and oxygen atoms in total. The summed E-state index contributed by atoms with van der Waals surface area (Å²) in [5.74, 6) is -0.150. The first-order valence-corrected chi connectivity index (χ1v) is 10.2. The van der Waals surface area contributed by atoms with Gasteiger partial charge in [-0.15, -0.1) is 11.3 Å². The molecular formula is C22H18F2N4S. The highest BCUT2D eigenvalue weighted by atomic mass is 32.1. The molecule has 146 valence electrons. The average Bonchev–Trinajstić information content (AvgIpc) is 3.31. The average molecular weight is 408 g/mol. The fourth-order valence-corrected chi connectivity index (χ4v) is 4.75. The Morgan fingerprint density at radius 2 is 1.86 bits per heavy atom. The molecule has 0 unspecified atom stereocenters. The number of hydrogen-bond acceptors (Lipinski definition) is 4. The Morgan fingerprint density at radius 3 is 2.62 bits per heavy atom. The molecule has 29 heavy (non-hydrogen) atoms. The first-order valence-electron chi connectivity index (χ1n) is 9.38. The van der Waals surface area contributed by atoms with Gasteiger partial charge in [-0.1, -0.05) is 6.07 Å². The third kappa shape index (κ3) is 3.21. The summed E-state index contributed by atoms with van der Waals surface area (Å²) in [6.07, 6.45) is 4.30. The Kier molecular flexibility index (Phi) is 4.39. The number of H-pyrrole nitrogens is 1. The van der Waals surface area contributed by atoms with Gasteiger partial charge < -0.3 is 9.88 Å². The number of pyridine rings is 1. The zero-order chi connectivity index (χ0) is 20.0. The molecule has 0 spiro atoms. The minimum absolute atomic E-state index is 0.00161. The van der Waals surface area contributed by atoms with Crippen LogP contribution in [0, 0.1) is 18.6 Å². The summed E-state index contributed by atoms with van der Waals surface area (Å²) in [6, 6.07) is 9.71.